The molecule has 160 valence electrons. The number of carbonyl (C=O) groups is 1. The molecule has 1 fully saturated rings. The van der Waals surface area contributed by atoms with Crippen LogP contribution in [-0.4, -0.2) is 50.2 Å². The van der Waals surface area contributed by atoms with Gasteiger partial charge >= 0.3 is 12.1 Å². The molecule has 0 unspecified atom stereocenters. The van der Waals surface area contributed by atoms with Gasteiger partial charge in [0.05, 0.1) is 17.6 Å². The van der Waals surface area contributed by atoms with Crippen LogP contribution in [-0.2, 0) is 17.8 Å². The second-order valence-electron chi connectivity index (χ2n) is 7.00. The van der Waals surface area contributed by atoms with Gasteiger partial charge in [-0.25, -0.2) is 4.79 Å². The van der Waals surface area contributed by atoms with Gasteiger partial charge in [-0.15, -0.1) is 0 Å². The molecule has 1 saturated heterocycles. The Bertz CT molecular complexity index is 950. The molecular weight excluding hydrogens is 401 g/mol. The van der Waals surface area contributed by atoms with E-state index < -0.39 is 12.1 Å². The fraction of sp³-hybridized carbons (Fsp3) is 0.350. The highest BCUT2D eigenvalue weighted by molar-refractivity contribution is 5.73. The number of aryl methyl sites for hydroxylation is 1. The summed E-state index contributed by atoms with van der Waals surface area (Å²) in [4.78, 5) is 13.0. The van der Waals surface area contributed by atoms with Crippen LogP contribution in [0.2, 0.25) is 0 Å². The SMILES string of the molecule is Cc1nn(-c2ccccc2)nc1CN1CC(Cc2ccco2)C1.O=C(O)C(F)(F)F. The van der Waals surface area contributed by atoms with E-state index in [1.807, 2.05) is 43.3 Å². The maximum Gasteiger partial charge on any atom is 0.490 e. The quantitative estimate of drug-likeness (QED) is 0.678. The molecule has 3 heterocycles. The van der Waals surface area contributed by atoms with Crippen LogP contribution in [0.25, 0.3) is 5.69 Å². The minimum Gasteiger partial charge on any atom is -0.475 e. The lowest BCUT2D eigenvalue weighted by Gasteiger charge is -2.38. The van der Waals surface area contributed by atoms with Crippen LogP contribution in [0.1, 0.15) is 17.1 Å². The number of para-hydroxylation sites is 1. The van der Waals surface area contributed by atoms with E-state index in [0.29, 0.717) is 5.92 Å². The van der Waals surface area contributed by atoms with Crippen LogP contribution in [0.5, 0.6) is 0 Å². The van der Waals surface area contributed by atoms with Crippen molar-refractivity contribution in [3.8, 4) is 5.69 Å². The van der Waals surface area contributed by atoms with Gasteiger partial charge in [-0.2, -0.15) is 28.2 Å². The first-order valence-corrected chi connectivity index (χ1v) is 9.25. The molecular formula is C20H21F3N4O3. The number of nitrogens with zero attached hydrogens (tertiary/aromatic N) is 4. The molecule has 7 nitrogen and oxygen atoms in total. The summed E-state index contributed by atoms with van der Waals surface area (Å²) in [5.41, 5.74) is 3.06. The van der Waals surface area contributed by atoms with Crippen molar-refractivity contribution in [2.24, 2.45) is 5.92 Å². The molecule has 0 radical (unpaired) electrons. The van der Waals surface area contributed by atoms with Gasteiger partial charge in [0, 0.05) is 26.1 Å². The summed E-state index contributed by atoms with van der Waals surface area (Å²) in [6, 6.07) is 14.1. The van der Waals surface area contributed by atoms with Gasteiger partial charge in [0.1, 0.15) is 11.5 Å². The van der Waals surface area contributed by atoms with Crippen molar-refractivity contribution in [3.63, 3.8) is 0 Å². The Morgan fingerprint density at radius 1 is 1.17 bits per heavy atom. The second-order valence-corrected chi connectivity index (χ2v) is 7.00. The first-order chi connectivity index (χ1) is 14.2. The second kappa shape index (κ2) is 9.12. The number of carboxylic acids is 1. The van der Waals surface area contributed by atoms with Crippen LogP contribution in [0.15, 0.2) is 53.1 Å². The molecule has 0 aliphatic carbocycles. The van der Waals surface area contributed by atoms with Gasteiger partial charge in [-0.05, 0) is 37.1 Å². The Labute approximate surface area is 170 Å². The summed E-state index contributed by atoms with van der Waals surface area (Å²) < 4.78 is 37.2. The third-order valence-electron chi connectivity index (χ3n) is 4.58. The lowest BCUT2D eigenvalue weighted by Crippen LogP contribution is -2.46. The fourth-order valence-corrected chi connectivity index (χ4v) is 3.09. The van der Waals surface area contributed by atoms with E-state index in [2.05, 4.69) is 21.2 Å². The van der Waals surface area contributed by atoms with Crippen LogP contribution in [0.3, 0.4) is 0 Å². The zero-order valence-corrected chi connectivity index (χ0v) is 16.2. The summed E-state index contributed by atoms with van der Waals surface area (Å²) >= 11 is 0. The van der Waals surface area contributed by atoms with Crippen molar-refractivity contribution in [1.82, 2.24) is 19.9 Å². The zero-order valence-electron chi connectivity index (χ0n) is 16.2. The number of likely N-dealkylation sites (tertiary alicyclic amines) is 1. The molecule has 1 aliphatic heterocycles. The van der Waals surface area contributed by atoms with Gasteiger partial charge < -0.3 is 9.52 Å². The molecule has 1 aromatic carbocycles. The van der Waals surface area contributed by atoms with Crippen LogP contribution in [0, 0.1) is 12.8 Å². The number of aromatic nitrogens is 3. The molecule has 0 saturated carbocycles. The van der Waals surface area contributed by atoms with E-state index >= 15 is 0 Å². The Morgan fingerprint density at radius 3 is 2.40 bits per heavy atom. The average Bonchev–Trinajstić information content (AvgIpc) is 3.30. The predicted octanol–water partition coefficient (Wildman–Crippen LogP) is 3.48. The summed E-state index contributed by atoms with van der Waals surface area (Å²) in [5.74, 6) is -0.987. The van der Waals surface area contributed by atoms with Gasteiger partial charge in [0.15, 0.2) is 0 Å². The van der Waals surface area contributed by atoms with E-state index in [1.54, 1.807) is 11.1 Å². The zero-order chi connectivity index (χ0) is 21.7. The first-order valence-electron chi connectivity index (χ1n) is 9.25. The van der Waals surface area contributed by atoms with Crippen LogP contribution < -0.4 is 0 Å². The molecule has 1 N–H and O–H groups in total. The highest BCUT2D eigenvalue weighted by Crippen LogP contribution is 2.23. The third-order valence-corrected chi connectivity index (χ3v) is 4.58. The first kappa shape index (κ1) is 21.6. The molecule has 0 atom stereocenters. The summed E-state index contributed by atoms with van der Waals surface area (Å²) in [6.07, 6.45) is -2.31. The summed E-state index contributed by atoms with van der Waals surface area (Å²) in [6.45, 7) is 5.09. The van der Waals surface area contributed by atoms with Gasteiger partial charge in [0.25, 0.3) is 0 Å². The average molecular weight is 422 g/mol. The largest absolute Gasteiger partial charge is 0.490 e. The Morgan fingerprint density at radius 2 is 1.83 bits per heavy atom. The molecule has 10 heteroatoms. The third kappa shape index (κ3) is 5.69. The maximum atomic E-state index is 10.6. The van der Waals surface area contributed by atoms with E-state index in [1.165, 1.54) is 0 Å². The Kier molecular flexibility index (Phi) is 6.56. The highest BCUT2D eigenvalue weighted by atomic mass is 19.4. The van der Waals surface area contributed by atoms with Crippen molar-refractivity contribution in [2.45, 2.75) is 26.1 Å². The normalized spacial score (nSPS) is 14.7. The van der Waals surface area contributed by atoms with Crippen LogP contribution >= 0.6 is 0 Å². The van der Waals surface area contributed by atoms with E-state index in [-0.39, 0.29) is 0 Å². The minimum atomic E-state index is -5.08. The number of rotatable bonds is 5. The van der Waals surface area contributed by atoms with Crippen molar-refractivity contribution >= 4 is 5.97 Å². The topological polar surface area (TPSA) is 84.4 Å². The predicted molar refractivity (Wildman–Crippen MR) is 101 cm³/mol. The minimum absolute atomic E-state index is 0.686. The lowest BCUT2D eigenvalue weighted by atomic mass is 9.95. The van der Waals surface area contributed by atoms with Crippen molar-refractivity contribution in [3.05, 3.63) is 65.9 Å². The molecule has 30 heavy (non-hydrogen) atoms. The van der Waals surface area contributed by atoms with E-state index in [0.717, 1.165) is 48.9 Å². The smallest absolute Gasteiger partial charge is 0.475 e. The standard InChI is InChI=1S/C18H20N4O.C2HF3O2/c1-14-18(20-22(19-14)16-6-3-2-4-7-16)13-21-11-15(12-21)10-17-8-5-9-23-17;3-2(4,5)1(6)7/h2-9,15H,10-13H2,1H3;(H,6,7). The van der Waals surface area contributed by atoms with Crippen LogP contribution in [0.4, 0.5) is 13.2 Å². The number of hydrogen-bond donors (Lipinski definition) is 1. The maximum absolute atomic E-state index is 10.6. The number of alkyl halides is 3. The molecule has 4 rings (SSSR count). The number of aliphatic carboxylic acids is 1. The summed E-state index contributed by atoms with van der Waals surface area (Å²) in [5, 5.41) is 16.3. The Balaban J connectivity index is 0.000000318. The molecule has 0 amide bonds. The molecule has 0 spiro atoms. The number of hydrogen-bond acceptors (Lipinski definition) is 5. The Hall–Kier alpha value is -3.14. The molecule has 1 aliphatic rings. The van der Waals surface area contributed by atoms with Gasteiger partial charge in [0.2, 0.25) is 0 Å². The summed E-state index contributed by atoms with van der Waals surface area (Å²) in [7, 11) is 0. The number of carboxylic acid groups (broad SMARTS) is 1. The molecule has 3 aromatic rings. The van der Waals surface area contributed by atoms with Gasteiger partial charge in [-0.1, -0.05) is 18.2 Å². The fourth-order valence-electron chi connectivity index (χ4n) is 3.09. The number of benzene rings is 1. The van der Waals surface area contributed by atoms with Gasteiger partial charge in [-0.3, -0.25) is 4.90 Å². The van der Waals surface area contributed by atoms with Crippen molar-refractivity contribution < 1.29 is 27.5 Å². The molecule has 0 bridgehead atoms. The van der Waals surface area contributed by atoms with Crippen molar-refractivity contribution in [2.75, 3.05) is 13.1 Å². The number of furan rings is 1. The van der Waals surface area contributed by atoms with E-state index in [9.17, 15) is 13.2 Å². The van der Waals surface area contributed by atoms with Crippen molar-refractivity contribution in [1.29, 1.82) is 0 Å². The molecule has 2 aromatic heterocycles. The number of halogens is 3. The monoisotopic (exact) mass is 422 g/mol. The highest BCUT2D eigenvalue weighted by Gasteiger charge is 2.38. The van der Waals surface area contributed by atoms with E-state index in [4.69, 9.17) is 14.3 Å². The lowest BCUT2D eigenvalue weighted by molar-refractivity contribution is -0.192.